The third-order valence-electron chi connectivity index (χ3n) is 4.15. The zero-order valence-corrected chi connectivity index (χ0v) is 10.6. The van der Waals surface area contributed by atoms with Crippen molar-refractivity contribution in [1.82, 2.24) is 4.98 Å². The Hall–Kier alpha value is -1.25. The molecule has 17 heavy (non-hydrogen) atoms. The summed E-state index contributed by atoms with van der Waals surface area (Å²) < 4.78 is 0. The first-order valence-corrected chi connectivity index (χ1v) is 6.44. The van der Waals surface area contributed by atoms with Gasteiger partial charge < -0.3 is 10.1 Å². The average molecular weight is 235 g/mol. The van der Waals surface area contributed by atoms with Gasteiger partial charge in [-0.1, -0.05) is 33.1 Å². The predicted octanol–water partition coefficient (Wildman–Crippen LogP) is 2.94. The summed E-state index contributed by atoms with van der Waals surface area (Å²) in [5.41, 5.74) is 0.566. The van der Waals surface area contributed by atoms with Crippen LogP contribution in [0, 0.1) is 5.92 Å². The van der Waals surface area contributed by atoms with E-state index in [0.717, 1.165) is 5.69 Å². The molecular formula is C14H21NO2. The molecule has 94 valence electrons. The molecule has 0 atom stereocenters. The molecule has 1 aliphatic carbocycles. The van der Waals surface area contributed by atoms with Gasteiger partial charge in [-0.2, -0.15) is 0 Å². The van der Waals surface area contributed by atoms with Gasteiger partial charge in [0.05, 0.1) is 0 Å². The lowest BCUT2D eigenvalue weighted by Gasteiger charge is -2.37. The van der Waals surface area contributed by atoms with Crippen LogP contribution in [0.2, 0.25) is 0 Å². The van der Waals surface area contributed by atoms with Crippen molar-refractivity contribution in [1.29, 1.82) is 0 Å². The highest BCUT2D eigenvalue weighted by atomic mass is 16.3. The Morgan fingerprint density at radius 2 is 1.88 bits per heavy atom. The molecular weight excluding hydrogens is 214 g/mol. The largest absolute Gasteiger partial charge is 0.508 e. The number of rotatable bonds is 2. The van der Waals surface area contributed by atoms with Crippen LogP contribution in [-0.2, 0) is 5.41 Å². The molecule has 0 saturated heterocycles. The third-order valence-corrected chi connectivity index (χ3v) is 4.15. The third kappa shape index (κ3) is 2.54. The van der Waals surface area contributed by atoms with Crippen molar-refractivity contribution >= 4 is 0 Å². The maximum Gasteiger partial charge on any atom is 0.251 e. The molecule has 0 amide bonds. The van der Waals surface area contributed by atoms with E-state index >= 15 is 0 Å². The molecule has 1 heterocycles. The Morgan fingerprint density at radius 1 is 1.24 bits per heavy atom. The van der Waals surface area contributed by atoms with Gasteiger partial charge in [0.15, 0.2) is 0 Å². The van der Waals surface area contributed by atoms with Gasteiger partial charge in [-0.05, 0) is 24.8 Å². The number of hydrogen-bond acceptors (Lipinski definition) is 2. The number of aromatic hydroxyl groups is 1. The molecule has 1 fully saturated rings. The Labute approximate surface area is 102 Å². The summed E-state index contributed by atoms with van der Waals surface area (Å²) >= 11 is 0. The van der Waals surface area contributed by atoms with Crippen LogP contribution in [0.3, 0.4) is 0 Å². The van der Waals surface area contributed by atoms with Crippen molar-refractivity contribution in [3.8, 4) is 5.75 Å². The second kappa shape index (κ2) is 4.55. The fourth-order valence-electron chi connectivity index (χ4n) is 2.92. The molecule has 1 aromatic rings. The minimum atomic E-state index is -0.219. The lowest BCUT2D eigenvalue weighted by atomic mass is 9.69. The number of H-pyrrole nitrogens is 1. The molecule has 1 aromatic heterocycles. The van der Waals surface area contributed by atoms with Gasteiger partial charge in [0, 0.05) is 17.2 Å². The number of hydrogen-bond donors (Lipinski definition) is 2. The van der Waals surface area contributed by atoms with Crippen LogP contribution >= 0.6 is 0 Å². The molecule has 2 rings (SSSR count). The van der Waals surface area contributed by atoms with E-state index in [1.807, 2.05) is 0 Å². The normalized spacial score (nSPS) is 18.2. The molecule has 0 aromatic carbocycles. The molecule has 0 unspecified atom stereocenters. The Kier molecular flexibility index (Phi) is 3.27. The monoisotopic (exact) mass is 235 g/mol. The number of aromatic nitrogens is 1. The molecule has 3 heteroatoms. The predicted molar refractivity (Wildman–Crippen MR) is 68.3 cm³/mol. The van der Waals surface area contributed by atoms with E-state index in [1.165, 1.54) is 38.2 Å². The molecule has 0 radical (unpaired) electrons. The van der Waals surface area contributed by atoms with E-state index in [-0.39, 0.29) is 16.7 Å². The van der Waals surface area contributed by atoms with Gasteiger partial charge in [-0.15, -0.1) is 0 Å². The quantitative estimate of drug-likeness (QED) is 0.828. The zero-order valence-electron chi connectivity index (χ0n) is 10.6. The van der Waals surface area contributed by atoms with Crippen LogP contribution in [0.1, 0.15) is 51.6 Å². The van der Waals surface area contributed by atoms with E-state index < -0.39 is 0 Å². The fourth-order valence-corrected chi connectivity index (χ4v) is 2.92. The summed E-state index contributed by atoms with van der Waals surface area (Å²) in [6.45, 7) is 4.32. The van der Waals surface area contributed by atoms with Crippen molar-refractivity contribution in [3.63, 3.8) is 0 Å². The average Bonchev–Trinajstić information content (AvgIpc) is 2.29. The zero-order chi connectivity index (χ0) is 12.5. The van der Waals surface area contributed by atoms with Crippen LogP contribution in [0.4, 0.5) is 0 Å². The Bertz CT molecular complexity index is 442. The Balaban J connectivity index is 2.32. The smallest absolute Gasteiger partial charge is 0.251 e. The van der Waals surface area contributed by atoms with Gasteiger partial charge in [-0.25, -0.2) is 0 Å². The molecule has 1 aliphatic rings. The van der Waals surface area contributed by atoms with Crippen LogP contribution in [0.15, 0.2) is 16.9 Å². The van der Waals surface area contributed by atoms with E-state index in [9.17, 15) is 9.90 Å². The van der Waals surface area contributed by atoms with Crippen LogP contribution in [0.5, 0.6) is 5.75 Å². The maximum absolute atomic E-state index is 11.4. The topological polar surface area (TPSA) is 53.1 Å². The van der Waals surface area contributed by atoms with Crippen molar-refractivity contribution in [2.24, 2.45) is 5.92 Å². The second-order valence-corrected chi connectivity index (χ2v) is 5.67. The lowest BCUT2D eigenvalue weighted by molar-refractivity contribution is 0.230. The number of pyridine rings is 1. The van der Waals surface area contributed by atoms with Gasteiger partial charge in [-0.3, -0.25) is 4.79 Å². The summed E-state index contributed by atoms with van der Waals surface area (Å²) in [5.74, 6) is 0.654. The highest BCUT2D eigenvalue weighted by molar-refractivity contribution is 5.26. The molecule has 0 spiro atoms. The summed E-state index contributed by atoms with van der Waals surface area (Å²) in [6.07, 6.45) is 6.30. The van der Waals surface area contributed by atoms with Gasteiger partial charge in [0.25, 0.3) is 5.56 Å². The van der Waals surface area contributed by atoms with Crippen molar-refractivity contribution in [3.05, 3.63) is 28.2 Å². The summed E-state index contributed by atoms with van der Waals surface area (Å²) in [7, 11) is 0. The van der Waals surface area contributed by atoms with Gasteiger partial charge in [0.1, 0.15) is 5.75 Å². The van der Waals surface area contributed by atoms with Gasteiger partial charge in [0.2, 0.25) is 0 Å². The second-order valence-electron chi connectivity index (χ2n) is 5.67. The van der Waals surface area contributed by atoms with Crippen LogP contribution < -0.4 is 5.56 Å². The molecule has 2 N–H and O–H groups in total. The molecule has 3 nitrogen and oxygen atoms in total. The van der Waals surface area contributed by atoms with Crippen molar-refractivity contribution < 1.29 is 5.11 Å². The van der Waals surface area contributed by atoms with Crippen LogP contribution in [-0.4, -0.2) is 10.1 Å². The highest BCUT2D eigenvalue weighted by Crippen LogP contribution is 2.40. The first-order chi connectivity index (χ1) is 8.00. The van der Waals surface area contributed by atoms with Crippen molar-refractivity contribution in [2.45, 2.75) is 51.4 Å². The first kappa shape index (κ1) is 12.2. The minimum Gasteiger partial charge on any atom is -0.508 e. The van der Waals surface area contributed by atoms with E-state index in [4.69, 9.17) is 0 Å². The first-order valence-electron chi connectivity index (χ1n) is 6.44. The summed E-state index contributed by atoms with van der Waals surface area (Å²) in [6, 6.07) is 2.91. The Morgan fingerprint density at radius 3 is 2.47 bits per heavy atom. The highest BCUT2D eigenvalue weighted by Gasteiger charge is 2.33. The molecule has 0 bridgehead atoms. The maximum atomic E-state index is 11.4. The number of nitrogens with one attached hydrogen (secondary N) is 1. The van der Waals surface area contributed by atoms with Crippen molar-refractivity contribution in [2.75, 3.05) is 0 Å². The summed E-state index contributed by atoms with van der Waals surface area (Å²) in [4.78, 5) is 14.3. The van der Waals surface area contributed by atoms with Gasteiger partial charge >= 0.3 is 0 Å². The minimum absolute atomic E-state index is 0.0626. The molecule has 1 saturated carbocycles. The van der Waals surface area contributed by atoms with Crippen LogP contribution in [0.25, 0.3) is 0 Å². The van der Waals surface area contributed by atoms with E-state index in [1.54, 1.807) is 6.07 Å². The van der Waals surface area contributed by atoms with E-state index in [0.29, 0.717) is 5.92 Å². The standard InChI is InChI=1S/C14H21NO2/c1-14(2,10-6-4-3-5-7-10)12-8-11(16)9-13(17)15-12/h8-10H,3-7H2,1-2H3,(H2,15,16,17). The summed E-state index contributed by atoms with van der Waals surface area (Å²) in [5, 5.41) is 9.54. The number of aromatic amines is 1. The van der Waals surface area contributed by atoms with E-state index in [2.05, 4.69) is 18.8 Å². The lowest BCUT2D eigenvalue weighted by Crippen LogP contribution is -2.32. The SMILES string of the molecule is CC(C)(c1cc(O)cc(=O)[nH]1)C1CCCCC1. The fraction of sp³-hybridized carbons (Fsp3) is 0.643. The molecule has 0 aliphatic heterocycles.